The molecule has 1 saturated heterocycles. The van der Waals surface area contributed by atoms with Gasteiger partial charge in [-0.05, 0) is 23.0 Å². The van der Waals surface area contributed by atoms with Gasteiger partial charge in [-0.15, -0.1) is 0 Å². The van der Waals surface area contributed by atoms with Gasteiger partial charge in [0.1, 0.15) is 13.8 Å². The lowest BCUT2D eigenvalue weighted by atomic mass is 10.1. The lowest BCUT2D eigenvalue weighted by Gasteiger charge is -2.28. The molecule has 1 heterocycles. The topological polar surface area (TPSA) is 9.23 Å². The molecular formula is C15H22F3OSSi+. The maximum Gasteiger partial charge on any atom is 0.416 e. The first-order chi connectivity index (χ1) is 9.67. The van der Waals surface area contributed by atoms with Crippen LogP contribution in [0, 0.1) is 0 Å². The fraction of sp³-hybridized carbons (Fsp3) is 0.600. The van der Waals surface area contributed by atoms with Gasteiger partial charge in [-0.25, -0.2) is 0 Å². The molecule has 1 aromatic rings. The monoisotopic (exact) mass is 335 g/mol. The van der Waals surface area contributed by atoms with Crippen LogP contribution in [0.3, 0.4) is 0 Å². The molecule has 6 heteroatoms. The number of ether oxygens (including phenoxy) is 1. The van der Waals surface area contributed by atoms with Crippen LogP contribution < -0.4 is 0 Å². The Labute approximate surface area is 128 Å². The van der Waals surface area contributed by atoms with Crippen molar-refractivity contribution in [3.05, 3.63) is 35.4 Å². The van der Waals surface area contributed by atoms with Gasteiger partial charge in [0.15, 0.2) is 5.25 Å². The van der Waals surface area contributed by atoms with E-state index in [9.17, 15) is 13.2 Å². The normalized spacial score (nSPS) is 24.1. The predicted octanol–water partition coefficient (Wildman–Crippen LogP) is 4.27. The molecule has 0 N–H and O–H groups in total. The molecule has 2 atom stereocenters. The molecule has 0 amide bonds. The van der Waals surface area contributed by atoms with Gasteiger partial charge in [-0.3, -0.25) is 0 Å². The van der Waals surface area contributed by atoms with Crippen LogP contribution in [-0.4, -0.2) is 32.4 Å². The third kappa shape index (κ3) is 4.76. The summed E-state index contributed by atoms with van der Waals surface area (Å²) in [5.74, 6) is 1.04. The Bertz CT molecular complexity index is 467. The highest BCUT2D eigenvalue weighted by molar-refractivity contribution is 7.98. The second-order valence-corrected chi connectivity index (χ2v) is 15.0. The van der Waals surface area contributed by atoms with Gasteiger partial charge in [0.25, 0.3) is 0 Å². The van der Waals surface area contributed by atoms with Crippen molar-refractivity contribution in [3.8, 4) is 0 Å². The minimum absolute atomic E-state index is 0.225. The summed E-state index contributed by atoms with van der Waals surface area (Å²) in [6, 6.07) is 5.65. The van der Waals surface area contributed by atoms with Gasteiger partial charge in [0.05, 0.1) is 24.2 Å². The van der Waals surface area contributed by atoms with Crippen LogP contribution in [0.4, 0.5) is 13.2 Å². The highest BCUT2D eigenvalue weighted by atomic mass is 32.2. The number of hydrogen-bond donors (Lipinski definition) is 0. The molecule has 118 valence electrons. The van der Waals surface area contributed by atoms with Gasteiger partial charge < -0.3 is 4.74 Å². The molecule has 21 heavy (non-hydrogen) atoms. The summed E-state index contributed by atoms with van der Waals surface area (Å²) in [7, 11) is -0.959. The van der Waals surface area contributed by atoms with E-state index in [2.05, 4.69) is 19.6 Å². The van der Waals surface area contributed by atoms with Gasteiger partial charge in [-0.1, -0.05) is 31.8 Å². The number of rotatable bonds is 3. The van der Waals surface area contributed by atoms with Gasteiger partial charge in [0.2, 0.25) is 0 Å². The Balaban J connectivity index is 2.17. The molecule has 1 aliphatic heterocycles. The number of benzene rings is 1. The molecule has 0 radical (unpaired) electrons. The lowest BCUT2D eigenvalue weighted by Crippen LogP contribution is -2.41. The van der Waals surface area contributed by atoms with E-state index in [0.717, 1.165) is 17.9 Å². The zero-order valence-electron chi connectivity index (χ0n) is 12.7. The van der Waals surface area contributed by atoms with Crippen molar-refractivity contribution in [2.45, 2.75) is 31.1 Å². The van der Waals surface area contributed by atoms with E-state index in [1.165, 1.54) is 17.5 Å². The first-order valence-corrected chi connectivity index (χ1v) is 12.4. The maximum atomic E-state index is 12.6. The van der Waals surface area contributed by atoms with Crippen LogP contribution in [-0.2, 0) is 21.8 Å². The molecule has 0 aliphatic carbocycles. The smallest absolute Gasteiger partial charge is 0.371 e. The van der Waals surface area contributed by atoms with Crippen LogP contribution in [0.1, 0.15) is 16.4 Å². The van der Waals surface area contributed by atoms with Gasteiger partial charge in [0, 0.05) is 5.56 Å². The lowest BCUT2D eigenvalue weighted by molar-refractivity contribution is -0.137. The minimum atomic E-state index is -4.26. The summed E-state index contributed by atoms with van der Waals surface area (Å²) in [4.78, 5) is 0. The highest BCUT2D eigenvalue weighted by Crippen LogP contribution is 2.34. The Morgan fingerprint density at radius 1 is 1.19 bits per heavy atom. The van der Waals surface area contributed by atoms with Crippen molar-refractivity contribution in [2.24, 2.45) is 0 Å². The summed E-state index contributed by atoms with van der Waals surface area (Å²) in [6.45, 7) is 8.46. The first-order valence-electron chi connectivity index (χ1n) is 7.08. The zero-order valence-corrected chi connectivity index (χ0v) is 14.5. The highest BCUT2D eigenvalue weighted by Gasteiger charge is 2.39. The SMILES string of the molecule is C[Si](C)(C)C[S+]1CCOCC1c1ccc(C(F)(F)F)cc1. The Morgan fingerprint density at radius 3 is 2.33 bits per heavy atom. The Morgan fingerprint density at radius 2 is 1.81 bits per heavy atom. The number of alkyl halides is 3. The second kappa shape index (κ2) is 6.34. The van der Waals surface area contributed by atoms with E-state index in [4.69, 9.17) is 4.74 Å². The van der Waals surface area contributed by atoms with E-state index in [0.29, 0.717) is 6.61 Å². The fourth-order valence-electron chi connectivity index (χ4n) is 2.50. The van der Waals surface area contributed by atoms with Crippen molar-refractivity contribution < 1.29 is 17.9 Å². The van der Waals surface area contributed by atoms with Crippen LogP contribution in [0.15, 0.2) is 24.3 Å². The van der Waals surface area contributed by atoms with Crippen LogP contribution in [0.5, 0.6) is 0 Å². The standard InChI is InChI=1S/C15H22F3OSSi/c1-21(2,3)11-20-9-8-19-10-14(20)12-4-6-13(7-5-12)15(16,17)18/h4-7,14H,8-11H2,1-3H3/q+1. The fourth-order valence-corrected chi connectivity index (χ4v) is 9.78. The van der Waals surface area contributed by atoms with E-state index in [-0.39, 0.29) is 16.1 Å². The Kier molecular flexibility index (Phi) is 5.10. The summed E-state index contributed by atoms with van der Waals surface area (Å²) in [5.41, 5.74) is 0.414. The van der Waals surface area contributed by atoms with Crippen molar-refractivity contribution in [1.29, 1.82) is 0 Å². The summed E-state index contributed by atoms with van der Waals surface area (Å²) in [6.07, 6.45) is -4.26. The maximum absolute atomic E-state index is 12.6. The average Bonchev–Trinajstić information content (AvgIpc) is 2.37. The van der Waals surface area contributed by atoms with Crippen molar-refractivity contribution in [2.75, 3.05) is 24.3 Å². The van der Waals surface area contributed by atoms with Crippen LogP contribution in [0.25, 0.3) is 0 Å². The van der Waals surface area contributed by atoms with E-state index in [1.54, 1.807) is 12.1 Å². The predicted molar refractivity (Wildman–Crippen MR) is 85.4 cm³/mol. The summed E-state index contributed by atoms with van der Waals surface area (Å²) >= 11 is 0. The van der Waals surface area contributed by atoms with E-state index < -0.39 is 19.8 Å². The van der Waals surface area contributed by atoms with Crippen molar-refractivity contribution in [3.63, 3.8) is 0 Å². The van der Waals surface area contributed by atoms with Crippen LogP contribution in [0.2, 0.25) is 19.6 Å². The molecule has 0 aromatic heterocycles. The molecule has 0 bridgehead atoms. The molecule has 1 nitrogen and oxygen atoms in total. The minimum Gasteiger partial charge on any atom is -0.371 e. The van der Waals surface area contributed by atoms with Crippen molar-refractivity contribution >= 4 is 19.0 Å². The molecule has 2 rings (SSSR count). The molecular weight excluding hydrogens is 313 g/mol. The Hall–Kier alpha value is -0.463. The quantitative estimate of drug-likeness (QED) is 0.592. The first kappa shape index (κ1) is 16.9. The van der Waals surface area contributed by atoms with E-state index >= 15 is 0 Å². The molecule has 1 aliphatic rings. The van der Waals surface area contributed by atoms with Crippen LogP contribution >= 0.6 is 0 Å². The second-order valence-electron chi connectivity index (χ2n) is 6.63. The number of halogens is 3. The third-order valence-corrected chi connectivity index (χ3v) is 10.2. The average molecular weight is 335 g/mol. The molecule has 1 aromatic carbocycles. The summed E-state index contributed by atoms with van der Waals surface area (Å²) in [5, 5.41) is 1.48. The van der Waals surface area contributed by atoms with E-state index in [1.807, 2.05) is 0 Å². The molecule has 0 saturated carbocycles. The molecule has 2 unspecified atom stereocenters. The third-order valence-electron chi connectivity index (χ3n) is 3.39. The largest absolute Gasteiger partial charge is 0.416 e. The molecule has 0 spiro atoms. The van der Waals surface area contributed by atoms with Gasteiger partial charge in [-0.2, -0.15) is 13.2 Å². The van der Waals surface area contributed by atoms with Crippen molar-refractivity contribution in [1.82, 2.24) is 0 Å². The number of hydrogen-bond acceptors (Lipinski definition) is 1. The van der Waals surface area contributed by atoms with Gasteiger partial charge >= 0.3 is 6.18 Å². The molecule has 1 fully saturated rings. The zero-order chi connectivity index (χ0) is 15.7. The summed E-state index contributed by atoms with van der Waals surface area (Å²) < 4.78 is 43.5.